The maximum Gasteiger partial charge on any atom is 0.160 e. The fourth-order valence-electron chi connectivity index (χ4n) is 0.578. The number of nitrogen functional groups attached to an aromatic ring is 1. The fourth-order valence-corrected chi connectivity index (χ4v) is 1.34. The Hall–Kier alpha value is -0.830. The van der Waals surface area contributed by atoms with Crippen molar-refractivity contribution in [1.29, 1.82) is 0 Å². The Balaban J connectivity index is 3.11. The molecule has 0 spiro atoms. The largest absolute Gasteiger partial charge is 0.398 e. The van der Waals surface area contributed by atoms with Crippen LogP contribution >= 0.6 is 11.3 Å². The molecule has 0 saturated carbocycles. The van der Waals surface area contributed by atoms with Gasteiger partial charge in [0.05, 0.1) is 4.88 Å². The van der Waals surface area contributed by atoms with Crippen LogP contribution in [0.25, 0.3) is 0 Å². The highest BCUT2D eigenvalue weighted by Gasteiger charge is 1.98. The normalized spacial score (nSPS) is 9.44. The molecule has 1 rings (SSSR count). The summed E-state index contributed by atoms with van der Waals surface area (Å²) in [5, 5.41) is 0. The number of hydrogen-bond acceptors (Lipinski definition) is 3. The highest BCUT2D eigenvalue weighted by atomic mass is 32.1. The Bertz CT molecular complexity index is 209. The first-order chi connectivity index (χ1) is 4.24. The second kappa shape index (κ2) is 2.19. The van der Waals surface area contributed by atoms with E-state index in [1.165, 1.54) is 11.3 Å². The van der Waals surface area contributed by atoms with Gasteiger partial charge in [-0.15, -0.1) is 11.3 Å². The molecule has 0 radical (unpaired) electrons. The Kier molecular flexibility index (Phi) is 1.53. The van der Waals surface area contributed by atoms with E-state index in [2.05, 4.69) is 0 Å². The first kappa shape index (κ1) is 6.29. The zero-order valence-electron chi connectivity index (χ0n) is 5.05. The van der Waals surface area contributed by atoms with Crippen molar-refractivity contribution in [2.75, 3.05) is 5.73 Å². The molecule has 1 aromatic heterocycles. The molecule has 0 bridgehead atoms. The van der Waals surface area contributed by atoms with Gasteiger partial charge in [0.2, 0.25) is 0 Å². The van der Waals surface area contributed by atoms with Gasteiger partial charge in [0.1, 0.15) is 0 Å². The van der Waals surface area contributed by atoms with Crippen molar-refractivity contribution in [3.63, 3.8) is 0 Å². The molecule has 0 aliphatic carbocycles. The van der Waals surface area contributed by atoms with Gasteiger partial charge < -0.3 is 5.73 Å². The number of carbonyl (C=O) groups excluding carboxylic acids is 1. The number of thiophene rings is 1. The Morgan fingerprint density at radius 2 is 2.44 bits per heavy atom. The van der Waals surface area contributed by atoms with E-state index in [1.807, 2.05) is 6.92 Å². The summed E-state index contributed by atoms with van der Waals surface area (Å²) in [5.74, 6) is 0. The summed E-state index contributed by atoms with van der Waals surface area (Å²) in [5.41, 5.74) is 6.18. The van der Waals surface area contributed by atoms with Gasteiger partial charge in [-0.25, -0.2) is 0 Å². The van der Waals surface area contributed by atoms with Gasteiger partial charge in [-0.1, -0.05) is 0 Å². The van der Waals surface area contributed by atoms with Crippen molar-refractivity contribution in [2.45, 2.75) is 6.92 Å². The minimum absolute atomic E-state index is 0.699. The van der Waals surface area contributed by atoms with Gasteiger partial charge in [-0.3, -0.25) is 4.79 Å². The molecular weight excluding hydrogens is 134 g/mol. The first-order valence-electron chi connectivity index (χ1n) is 2.55. The third kappa shape index (κ3) is 1.10. The van der Waals surface area contributed by atoms with Crippen LogP contribution in [0.5, 0.6) is 0 Å². The maximum absolute atomic E-state index is 10.1. The molecule has 0 amide bonds. The van der Waals surface area contributed by atoms with Gasteiger partial charge in [-0.2, -0.15) is 0 Å². The average Bonchev–Trinajstić information content (AvgIpc) is 2.13. The van der Waals surface area contributed by atoms with Gasteiger partial charge in [0.15, 0.2) is 6.29 Å². The molecule has 0 aliphatic rings. The van der Waals surface area contributed by atoms with Crippen LogP contribution in [0.4, 0.5) is 5.69 Å². The number of carbonyl (C=O) groups is 1. The van der Waals surface area contributed by atoms with Crippen LogP contribution in [0.1, 0.15) is 14.5 Å². The van der Waals surface area contributed by atoms with E-state index in [9.17, 15) is 4.79 Å². The number of aldehydes is 1. The second-order valence-electron chi connectivity index (χ2n) is 1.78. The smallest absolute Gasteiger partial charge is 0.160 e. The Morgan fingerprint density at radius 1 is 1.78 bits per heavy atom. The Morgan fingerprint density at radius 3 is 2.67 bits per heavy atom. The third-order valence-corrected chi connectivity index (χ3v) is 2.08. The van der Waals surface area contributed by atoms with E-state index in [4.69, 9.17) is 5.73 Å². The lowest BCUT2D eigenvalue weighted by Crippen LogP contribution is -1.80. The van der Waals surface area contributed by atoms with Crippen LogP contribution in [0.3, 0.4) is 0 Å². The molecule has 48 valence electrons. The summed E-state index contributed by atoms with van der Waals surface area (Å²) in [6.45, 7) is 1.90. The summed E-state index contributed by atoms with van der Waals surface area (Å²) in [7, 11) is 0. The predicted molar refractivity (Wildman–Crippen MR) is 38.9 cm³/mol. The van der Waals surface area contributed by atoms with Crippen LogP contribution in [0, 0.1) is 6.92 Å². The van der Waals surface area contributed by atoms with E-state index >= 15 is 0 Å². The first-order valence-corrected chi connectivity index (χ1v) is 3.37. The molecule has 0 aliphatic heterocycles. The molecule has 2 nitrogen and oxygen atoms in total. The van der Waals surface area contributed by atoms with Gasteiger partial charge >= 0.3 is 0 Å². The van der Waals surface area contributed by atoms with Gasteiger partial charge in [0.25, 0.3) is 0 Å². The topological polar surface area (TPSA) is 43.1 Å². The summed E-state index contributed by atoms with van der Waals surface area (Å²) >= 11 is 1.42. The molecule has 0 atom stereocenters. The number of rotatable bonds is 1. The highest BCUT2D eigenvalue weighted by molar-refractivity contribution is 7.14. The second-order valence-corrected chi connectivity index (χ2v) is 3.07. The molecule has 1 heterocycles. The molecule has 1 aromatic rings. The fraction of sp³-hybridized carbons (Fsp3) is 0.167. The summed E-state index contributed by atoms with van der Waals surface area (Å²) in [6.07, 6.45) is 0.814. The summed E-state index contributed by atoms with van der Waals surface area (Å²) in [6, 6.07) is 1.69. The molecular formula is C6H7NOS. The Labute approximate surface area is 57.3 Å². The molecule has 9 heavy (non-hydrogen) atoms. The van der Waals surface area contributed by atoms with E-state index in [1.54, 1.807) is 6.07 Å². The monoisotopic (exact) mass is 141 g/mol. The molecule has 0 saturated heterocycles. The zero-order valence-corrected chi connectivity index (χ0v) is 5.87. The molecule has 0 aromatic carbocycles. The summed E-state index contributed by atoms with van der Waals surface area (Å²) in [4.78, 5) is 11.8. The van der Waals surface area contributed by atoms with Crippen LogP contribution in [-0.2, 0) is 0 Å². The minimum atomic E-state index is 0.699. The maximum atomic E-state index is 10.1. The molecule has 0 fully saturated rings. The summed E-state index contributed by atoms with van der Waals surface area (Å²) < 4.78 is 0. The lowest BCUT2D eigenvalue weighted by Gasteiger charge is -1.80. The quantitative estimate of drug-likeness (QED) is 0.601. The lowest BCUT2D eigenvalue weighted by atomic mass is 10.4. The van der Waals surface area contributed by atoms with Crippen LogP contribution in [-0.4, -0.2) is 6.29 Å². The van der Waals surface area contributed by atoms with Crippen molar-refractivity contribution in [1.82, 2.24) is 0 Å². The van der Waals surface area contributed by atoms with Crippen molar-refractivity contribution in [2.24, 2.45) is 0 Å². The zero-order chi connectivity index (χ0) is 6.85. The van der Waals surface area contributed by atoms with Crippen LogP contribution in [0.2, 0.25) is 0 Å². The van der Waals surface area contributed by atoms with E-state index in [-0.39, 0.29) is 0 Å². The van der Waals surface area contributed by atoms with Crippen molar-refractivity contribution in [3.8, 4) is 0 Å². The van der Waals surface area contributed by atoms with E-state index in [0.29, 0.717) is 10.6 Å². The molecule has 3 heteroatoms. The third-order valence-electron chi connectivity index (χ3n) is 1.09. The molecule has 0 unspecified atom stereocenters. The lowest BCUT2D eigenvalue weighted by molar-refractivity contribution is 0.112. The van der Waals surface area contributed by atoms with E-state index in [0.717, 1.165) is 11.2 Å². The van der Waals surface area contributed by atoms with Gasteiger partial charge in [-0.05, 0) is 13.0 Å². The number of hydrogen-bond donors (Lipinski definition) is 1. The predicted octanol–water partition coefficient (Wildman–Crippen LogP) is 1.45. The van der Waals surface area contributed by atoms with Crippen LogP contribution in [0.15, 0.2) is 6.07 Å². The van der Waals surface area contributed by atoms with Crippen molar-refractivity contribution in [3.05, 3.63) is 15.8 Å². The molecule has 2 N–H and O–H groups in total. The SMILES string of the molecule is Cc1sc(C=O)cc1N. The average molecular weight is 141 g/mol. The number of nitrogens with two attached hydrogens (primary N) is 1. The highest BCUT2D eigenvalue weighted by Crippen LogP contribution is 2.21. The van der Waals surface area contributed by atoms with Crippen molar-refractivity contribution < 1.29 is 4.79 Å². The number of anilines is 1. The van der Waals surface area contributed by atoms with Gasteiger partial charge in [0, 0.05) is 10.6 Å². The van der Waals surface area contributed by atoms with Crippen molar-refractivity contribution >= 4 is 23.3 Å². The van der Waals surface area contributed by atoms with E-state index < -0.39 is 0 Å². The van der Waals surface area contributed by atoms with Crippen LogP contribution < -0.4 is 5.73 Å². The minimum Gasteiger partial charge on any atom is -0.398 e. The number of aryl methyl sites for hydroxylation is 1. The standard InChI is InChI=1S/C6H7NOS/c1-4-6(7)2-5(3-8)9-4/h2-3H,7H2,1H3.